The molecule has 0 bridgehead atoms. The second-order valence-electron chi connectivity index (χ2n) is 8.61. The van der Waals surface area contributed by atoms with Gasteiger partial charge in [0.25, 0.3) is 0 Å². The molecule has 176 valence electrons. The number of hydrogen-bond acceptors (Lipinski definition) is 6. The van der Waals surface area contributed by atoms with E-state index in [1.807, 2.05) is 28.7 Å². The summed E-state index contributed by atoms with van der Waals surface area (Å²) in [5.41, 5.74) is 3.52. The van der Waals surface area contributed by atoms with Gasteiger partial charge in [-0.3, -0.25) is 9.20 Å². The van der Waals surface area contributed by atoms with Gasteiger partial charge in [0.05, 0.1) is 21.7 Å². The van der Waals surface area contributed by atoms with Crippen LogP contribution in [0.4, 0.5) is 5.69 Å². The number of carbonyl (C=O) groups excluding carboxylic acids is 1. The average molecular weight is 497 g/mol. The minimum Gasteiger partial charge on any atom is -0.311 e. The maximum absolute atomic E-state index is 13.2. The normalized spacial score (nSPS) is 17.0. The fourth-order valence-electron chi connectivity index (χ4n) is 4.81. The van der Waals surface area contributed by atoms with Gasteiger partial charge in [-0.05, 0) is 61.6 Å². The minimum absolute atomic E-state index is 0.0262. The third-order valence-corrected chi connectivity index (χ3v) is 9.32. The summed E-state index contributed by atoms with van der Waals surface area (Å²) in [6.45, 7) is 1.77. The molecule has 34 heavy (non-hydrogen) atoms. The molecule has 2 aromatic carbocycles. The monoisotopic (exact) mass is 496 g/mol. The molecule has 2 aliphatic heterocycles. The highest BCUT2D eigenvalue weighted by Crippen LogP contribution is 2.32. The number of H-pyrrole nitrogens is 1. The van der Waals surface area contributed by atoms with Crippen LogP contribution >= 0.6 is 11.8 Å². The van der Waals surface area contributed by atoms with Gasteiger partial charge in [0, 0.05) is 25.3 Å². The zero-order valence-corrected chi connectivity index (χ0v) is 20.1. The molecule has 0 unspecified atom stereocenters. The van der Waals surface area contributed by atoms with Crippen molar-refractivity contribution in [2.45, 2.75) is 35.7 Å². The molecule has 0 atom stereocenters. The summed E-state index contributed by atoms with van der Waals surface area (Å²) in [7, 11) is -3.48. The Labute approximate surface area is 201 Å². The summed E-state index contributed by atoms with van der Waals surface area (Å²) in [5, 5.41) is 7.96. The van der Waals surface area contributed by atoms with Gasteiger partial charge in [0.1, 0.15) is 0 Å². The average Bonchev–Trinajstić information content (AvgIpc) is 3.59. The van der Waals surface area contributed by atoms with Crippen LogP contribution in [0.3, 0.4) is 0 Å². The van der Waals surface area contributed by atoms with Gasteiger partial charge in [-0.2, -0.15) is 4.31 Å². The number of fused-ring (bicyclic) bond motifs is 4. The van der Waals surface area contributed by atoms with Crippen molar-refractivity contribution in [1.82, 2.24) is 23.9 Å². The number of para-hydroxylation sites is 2. The Bertz CT molecular complexity index is 1500. The highest BCUT2D eigenvalue weighted by atomic mass is 32.2. The van der Waals surface area contributed by atoms with Crippen LogP contribution < -0.4 is 4.90 Å². The molecule has 0 saturated carbocycles. The first-order chi connectivity index (χ1) is 16.5. The number of nitrogens with zero attached hydrogens (tertiary/aromatic N) is 5. The topological polar surface area (TPSA) is 104 Å². The van der Waals surface area contributed by atoms with Crippen LogP contribution in [0.5, 0.6) is 0 Å². The number of amides is 1. The van der Waals surface area contributed by atoms with Crippen LogP contribution in [0.2, 0.25) is 0 Å². The van der Waals surface area contributed by atoms with E-state index in [4.69, 9.17) is 0 Å². The molecule has 1 N–H and O–H groups in total. The van der Waals surface area contributed by atoms with Crippen LogP contribution in [0.1, 0.15) is 24.8 Å². The highest BCUT2D eigenvalue weighted by molar-refractivity contribution is 7.99. The number of hydrogen-bond donors (Lipinski definition) is 1. The van der Waals surface area contributed by atoms with E-state index >= 15 is 0 Å². The quantitative estimate of drug-likeness (QED) is 0.426. The predicted molar refractivity (Wildman–Crippen MR) is 131 cm³/mol. The van der Waals surface area contributed by atoms with E-state index in [2.05, 4.69) is 15.2 Å². The number of aryl methyl sites for hydroxylation is 1. The predicted octanol–water partition coefficient (Wildman–Crippen LogP) is 3.07. The van der Waals surface area contributed by atoms with Gasteiger partial charge in [0.15, 0.2) is 5.16 Å². The van der Waals surface area contributed by atoms with Gasteiger partial charge in [-0.15, -0.1) is 5.10 Å². The number of carbonyl (C=O) groups is 1. The summed E-state index contributed by atoms with van der Waals surface area (Å²) < 4.78 is 29.4. The molecular weight excluding hydrogens is 472 g/mol. The minimum atomic E-state index is -3.48. The molecule has 4 heterocycles. The van der Waals surface area contributed by atoms with Crippen LogP contribution in [-0.4, -0.2) is 63.6 Å². The fourth-order valence-corrected chi connectivity index (χ4v) is 7.21. The lowest BCUT2D eigenvalue weighted by Gasteiger charge is -2.30. The summed E-state index contributed by atoms with van der Waals surface area (Å²) in [6, 6.07) is 13.0. The maximum atomic E-state index is 13.2. The molecule has 9 nitrogen and oxygen atoms in total. The highest BCUT2D eigenvalue weighted by Gasteiger charge is 2.30. The SMILES string of the molecule is O=C(CSc1n[nH]c2nc3ccccc3n12)N1CCCc2cc(S(=O)(=O)N3CCCC3)ccc21. The van der Waals surface area contributed by atoms with Gasteiger partial charge in [-0.1, -0.05) is 23.9 Å². The van der Waals surface area contributed by atoms with Crippen molar-refractivity contribution in [3.05, 3.63) is 48.0 Å². The molecule has 1 saturated heterocycles. The second kappa shape index (κ2) is 8.40. The van der Waals surface area contributed by atoms with E-state index in [0.717, 1.165) is 48.0 Å². The van der Waals surface area contributed by atoms with Crippen molar-refractivity contribution < 1.29 is 13.2 Å². The van der Waals surface area contributed by atoms with E-state index in [1.165, 1.54) is 11.8 Å². The fraction of sp³-hybridized carbons (Fsp3) is 0.348. The summed E-state index contributed by atoms with van der Waals surface area (Å²) in [6.07, 6.45) is 3.37. The number of anilines is 1. The van der Waals surface area contributed by atoms with Gasteiger partial charge >= 0.3 is 0 Å². The van der Waals surface area contributed by atoms with Gasteiger partial charge < -0.3 is 4.90 Å². The number of nitrogens with one attached hydrogen (secondary N) is 1. The summed E-state index contributed by atoms with van der Waals surface area (Å²) in [4.78, 5) is 19.8. The third-order valence-electron chi connectivity index (χ3n) is 6.50. The largest absolute Gasteiger partial charge is 0.311 e. The molecule has 2 aliphatic rings. The van der Waals surface area contributed by atoms with Crippen molar-refractivity contribution in [2.24, 2.45) is 0 Å². The maximum Gasteiger partial charge on any atom is 0.243 e. The standard InChI is InChI=1S/C23H24N6O3S2/c30-21(15-33-23-26-25-22-24-18-7-1-2-8-20(18)29(22)23)28-13-5-6-16-14-17(9-10-19(16)28)34(31,32)27-11-3-4-12-27/h1-2,7-10,14H,3-6,11-13,15H2,(H,24,25). The number of aromatic nitrogens is 4. The van der Waals surface area contributed by atoms with Crippen LogP contribution in [0.25, 0.3) is 16.8 Å². The number of thioether (sulfide) groups is 1. The molecule has 0 radical (unpaired) electrons. The molecule has 4 aromatic rings. The van der Waals surface area contributed by atoms with Crippen molar-refractivity contribution >= 4 is 50.2 Å². The van der Waals surface area contributed by atoms with Crippen molar-refractivity contribution in [3.63, 3.8) is 0 Å². The van der Waals surface area contributed by atoms with Crippen LogP contribution in [0, 0.1) is 0 Å². The number of rotatable bonds is 5. The lowest BCUT2D eigenvalue weighted by molar-refractivity contribution is -0.116. The molecule has 0 aliphatic carbocycles. The molecular formula is C23H24N6O3S2. The molecule has 2 aromatic heterocycles. The zero-order valence-electron chi connectivity index (χ0n) is 18.5. The van der Waals surface area contributed by atoms with Crippen molar-refractivity contribution in [2.75, 3.05) is 30.3 Å². The number of benzene rings is 2. The van der Waals surface area contributed by atoms with Crippen LogP contribution in [-0.2, 0) is 21.2 Å². The zero-order chi connectivity index (χ0) is 23.3. The Morgan fingerprint density at radius 2 is 1.88 bits per heavy atom. The first kappa shape index (κ1) is 21.6. The number of sulfonamides is 1. The van der Waals surface area contributed by atoms with Crippen LogP contribution in [0.15, 0.2) is 52.5 Å². The van der Waals surface area contributed by atoms with Gasteiger partial charge in [-0.25, -0.2) is 18.5 Å². The molecule has 6 rings (SSSR count). The van der Waals surface area contributed by atoms with E-state index in [1.54, 1.807) is 27.4 Å². The Kier molecular flexibility index (Phi) is 5.34. The van der Waals surface area contributed by atoms with Crippen molar-refractivity contribution in [3.8, 4) is 0 Å². The lowest BCUT2D eigenvalue weighted by Crippen LogP contribution is -2.37. The Hall–Kier alpha value is -2.89. The van der Waals surface area contributed by atoms with E-state index < -0.39 is 10.0 Å². The van der Waals surface area contributed by atoms with Crippen molar-refractivity contribution in [1.29, 1.82) is 0 Å². The van der Waals surface area contributed by atoms with E-state index in [-0.39, 0.29) is 11.7 Å². The summed E-state index contributed by atoms with van der Waals surface area (Å²) >= 11 is 1.36. The second-order valence-corrected chi connectivity index (χ2v) is 11.5. The molecule has 0 spiro atoms. The van der Waals surface area contributed by atoms with Gasteiger partial charge in [0.2, 0.25) is 21.7 Å². The number of imidazole rings is 1. The Balaban J connectivity index is 1.22. The third kappa shape index (κ3) is 3.58. The first-order valence-electron chi connectivity index (χ1n) is 11.4. The first-order valence-corrected chi connectivity index (χ1v) is 13.8. The Morgan fingerprint density at radius 3 is 2.74 bits per heavy atom. The van der Waals surface area contributed by atoms with E-state index in [9.17, 15) is 13.2 Å². The molecule has 1 fully saturated rings. The Morgan fingerprint density at radius 1 is 1.06 bits per heavy atom. The molecule has 11 heteroatoms. The lowest BCUT2D eigenvalue weighted by atomic mass is 10.0. The summed E-state index contributed by atoms with van der Waals surface area (Å²) in [5.74, 6) is 0.840. The van der Waals surface area contributed by atoms with E-state index in [0.29, 0.717) is 35.5 Å². The smallest absolute Gasteiger partial charge is 0.243 e. The number of aromatic amines is 1. The molecule has 1 amide bonds.